The van der Waals surface area contributed by atoms with Gasteiger partial charge in [-0.25, -0.2) is 9.97 Å². The lowest BCUT2D eigenvalue weighted by Crippen LogP contribution is -2.11. The number of benzene rings is 2. The normalized spacial score (nSPS) is 11.6. The Morgan fingerprint density at radius 2 is 1.70 bits per heavy atom. The molecule has 2 N–H and O–H groups in total. The summed E-state index contributed by atoms with van der Waals surface area (Å²) in [5.74, 6) is 0.275. The lowest BCUT2D eigenvalue weighted by atomic mass is 10.0. The quantitative estimate of drug-likeness (QED) is 0.477. The number of nitrogens with zero attached hydrogens (tertiary/aromatic N) is 4. The van der Waals surface area contributed by atoms with Gasteiger partial charge < -0.3 is 5.73 Å². The number of alkyl halides is 3. The second-order valence-electron chi connectivity index (χ2n) is 6.57. The minimum absolute atomic E-state index is 0.0352. The molecule has 0 saturated carbocycles. The van der Waals surface area contributed by atoms with E-state index in [-0.39, 0.29) is 17.9 Å². The van der Waals surface area contributed by atoms with Crippen molar-refractivity contribution in [2.24, 2.45) is 0 Å². The van der Waals surface area contributed by atoms with Gasteiger partial charge in [0.05, 0.1) is 29.6 Å². The Bertz CT molecular complexity index is 1190. The highest BCUT2D eigenvalue weighted by Gasteiger charge is 2.33. The fourth-order valence-electron chi connectivity index (χ4n) is 3.20. The molecule has 4 aromatic rings. The smallest absolute Gasteiger partial charge is 0.383 e. The molecule has 0 aliphatic carbocycles. The fraction of sp³-hybridized carbons (Fsp3) is 0.0952. The van der Waals surface area contributed by atoms with Crippen molar-refractivity contribution in [2.45, 2.75) is 12.7 Å². The van der Waals surface area contributed by atoms with Gasteiger partial charge in [0, 0.05) is 16.8 Å². The van der Waals surface area contributed by atoms with Gasteiger partial charge in [0.2, 0.25) is 0 Å². The molecule has 0 aliphatic rings. The Hall–Kier alpha value is -3.39. The zero-order valence-corrected chi connectivity index (χ0v) is 16.2. The van der Waals surface area contributed by atoms with Gasteiger partial charge in [0.1, 0.15) is 12.1 Å². The Morgan fingerprint density at radius 3 is 2.43 bits per heavy atom. The molecule has 5 nitrogen and oxygen atoms in total. The van der Waals surface area contributed by atoms with Crippen LogP contribution in [-0.2, 0) is 12.7 Å². The predicted molar refractivity (Wildman–Crippen MR) is 109 cm³/mol. The molecule has 0 spiro atoms. The largest absolute Gasteiger partial charge is 0.416 e. The summed E-state index contributed by atoms with van der Waals surface area (Å²) in [4.78, 5) is 8.39. The SMILES string of the molecule is Nc1ncnc(-c2cnn(Cc3ccccc3C(F)(F)F)c2)c1-c1ccc(Cl)cc1. The highest BCUT2D eigenvalue weighted by atomic mass is 35.5. The molecule has 0 aliphatic heterocycles. The van der Waals surface area contributed by atoms with Crippen molar-refractivity contribution in [1.29, 1.82) is 0 Å². The number of halogens is 4. The number of hydrogen-bond donors (Lipinski definition) is 1. The molecular weight excluding hydrogens is 415 g/mol. The summed E-state index contributed by atoms with van der Waals surface area (Å²) in [6, 6.07) is 12.5. The van der Waals surface area contributed by atoms with E-state index >= 15 is 0 Å². The molecule has 0 radical (unpaired) electrons. The van der Waals surface area contributed by atoms with Gasteiger partial charge in [-0.3, -0.25) is 4.68 Å². The molecule has 2 heterocycles. The third-order valence-corrected chi connectivity index (χ3v) is 4.82. The molecule has 0 atom stereocenters. The summed E-state index contributed by atoms with van der Waals surface area (Å²) in [6.07, 6.45) is 0.0710. The maximum absolute atomic E-state index is 13.3. The molecule has 4 rings (SSSR count). The summed E-state index contributed by atoms with van der Waals surface area (Å²) in [5, 5.41) is 4.79. The lowest BCUT2D eigenvalue weighted by molar-refractivity contribution is -0.138. The number of rotatable bonds is 4. The minimum Gasteiger partial charge on any atom is -0.383 e. The van der Waals surface area contributed by atoms with Crippen LogP contribution in [0.15, 0.2) is 67.3 Å². The van der Waals surface area contributed by atoms with Crippen molar-refractivity contribution >= 4 is 17.4 Å². The van der Waals surface area contributed by atoms with E-state index < -0.39 is 11.7 Å². The number of nitrogen functional groups attached to an aromatic ring is 1. The van der Waals surface area contributed by atoms with E-state index in [1.54, 1.807) is 36.5 Å². The molecule has 0 bridgehead atoms. The van der Waals surface area contributed by atoms with Gasteiger partial charge in [0.15, 0.2) is 0 Å². The van der Waals surface area contributed by atoms with Crippen molar-refractivity contribution < 1.29 is 13.2 Å². The molecule has 152 valence electrons. The Kier molecular flexibility index (Phi) is 5.17. The van der Waals surface area contributed by atoms with Gasteiger partial charge in [-0.2, -0.15) is 18.3 Å². The number of anilines is 1. The van der Waals surface area contributed by atoms with E-state index in [0.717, 1.165) is 11.6 Å². The molecular formula is C21H15ClF3N5. The van der Waals surface area contributed by atoms with Crippen molar-refractivity contribution in [1.82, 2.24) is 19.7 Å². The van der Waals surface area contributed by atoms with Crippen molar-refractivity contribution in [3.05, 3.63) is 83.4 Å². The van der Waals surface area contributed by atoms with Crippen LogP contribution in [0.2, 0.25) is 5.02 Å². The molecule has 0 saturated heterocycles. The topological polar surface area (TPSA) is 69.6 Å². The molecule has 0 unspecified atom stereocenters. The molecule has 2 aromatic heterocycles. The van der Waals surface area contributed by atoms with Crippen molar-refractivity contribution in [3.63, 3.8) is 0 Å². The first kappa shape index (κ1) is 19.9. The summed E-state index contributed by atoms with van der Waals surface area (Å²) < 4.78 is 41.2. The van der Waals surface area contributed by atoms with Crippen LogP contribution in [0, 0.1) is 0 Å². The molecule has 0 amide bonds. The van der Waals surface area contributed by atoms with Gasteiger partial charge in [-0.1, -0.05) is 41.9 Å². The third kappa shape index (κ3) is 3.99. The van der Waals surface area contributed by atoms with E-state index in [0.29, 0.717) is 21.8 Å². The number of aromatic nitrogens is 4. The lowest BCUT2D eigenvalue weighted by Gasteiger charge is -2.12. The Balaban J connectivity index is 1.71. The first-order chi connectivity index (χ1) is 14.3. The van der Waals surface area contributed by atoms with E-state index in [4.69, 9.17) is 17.3 Å². The summed E-state index contributed by atoms with van der Waals surface area (Å²) in [7, 11) is 0. The second-order valence-corrected chi connectivity index (χ2v) is 7.01. The van der Waals surface area contributed by atoms with Crippen molar-refractivity contribution in [2.75, 3.05) is 5.73 Å². The minimum atomic E-state index is -4.44. The zero-order chi connectivity index (χ0) is 21.3. The molecule has 2 aromatic carbocycles. The van der Waals surface area contributed by atoms with Crippen LogP contribution in [0.25, 0.3) is 22.4 Å². The molecule has 0 fully saturated rings. The Labute approximate surface area is 175 Å². The maximum Gasteiger partial charge on any atom is 0.416 e. The highest BCUT2D eigenvalue weighted by molar-refractivity contribution is 6.30. The van der Waals surface area contributed by atoms with Crippen LogP contribution in [0.4, 0.5) is 19.0 Å². The van der Waals surface area contributed by atoms with E-state index in [1.165, 1.54) is 29.3 Å². The van der Waals surface area contributed by atoms with Crippen LogP contribution in [-0.4, -0.2) is 19.7 Å². The van der Waals surface area contributed by atoms with Crippen molar-refractivity contribution in [3.8, 4) is 22.4 Å². The third-order valence-electron chi connectivity index (χ3n) is 4.57. The van der Waals surface area contributed by atoms with Gasteiger partial charge in [0.25, 0.3) is 0 Å². The van der Waals surface area contributed by atoms with Crippen LogP contribution in [0.5, 0.6) is 0 Å². The van der Waals surface area contributed by atoms with Crippen LogP contribution >= 0.6 is 11.6 Å². The van der Waals surface area contributed by atoms with Gasteiger partial charge in [-0.05, 0) is 29.3 Å². The molecule has 9 heteroatoms. The van der Waals surface area contributed by atoms with E-state index in [2.05, 4.69) is 15.1 Å². The first-order valence-corrected chi connectivity index (χ1v) is 9.25. The first-order valence-electron chi connectivity index (χ1n) is 8.87. The summed E-state index contributed by atoms with van der Waals surface area (Å²) in [5.41, 5.74) is 8.04. The average molecular weight is 430 g/mol. The van der Waals surface area contributed by atoms with Crippen LogP contribution in [0.3, 0.4) is 0 Å². The number of nitrogens with two attached hydrogens (primary N) is 1. The van der Waals surface area contributed by atoms with Gasteiger partial charge >= 0.3 is 6.18 Å². The standard InChI is InChI=1S/C21H15ClF3N5/c22-16-7-5-13(6-8-16)18-19(27-12-28-20(18)26)15-9-29-30(11-15)10-14-3-1-2-4-17(14)21(23,24)25/h1-9,11-12H,10H2,(H2,26,27,28). The summed E-state index contributed by atoms with van der Waals surface area (Å²) in [6.45, 7) is -0.0352. The predicted octanol–water partition coefficient (Wildman–Crippen LogP) is 5.31. The second kappa shape index (κ2) is 7.79. The fourth-order valence-corrected chi connectivity index (χ4v) is 3.33. The van der Waals surface area contributed by atoms with Gasteiger partial charge in [-0.15, -0.1) is 0 Å². The van der Waals surface area contributed by atoms with E-state index in [9.17, 15) is 13.2 Å². The molecule has 30 heavy (non-hydrogen) atoms. The number of hydrogen-bond acceptors (Lipinski definition) is 4. The Morgan fingerprint density at radius 1 is 0.967 bits per heavy atom. The van der Waals surface area contributed by atoms with E-state index in [1.807, 2.05) is 0 Å². The zero-order valence-electron chi connectivity index (χ0n) is 15.4. The van der Waals surface area contributed by atoms with Crippen LogP contribution in [0.1, 0.15) is 11.1 Å². The highest BCUT2D eigenvalue weighted by Crippen LogP contribution is 2.35. The maximum atomic E-state index is 13.3. The van der Waals surface area contributed by atoms with Crippen LogP contribution < -0.4 is 5.73 Å². The summed E-state index contributed by atoms with van der Waals surface area (Å²) >= 11 is 5.96. The monoisotopic (exact) mass is 429 g/mol. The average Bonchev–Trinajstić information content (AvgIpc) is 3.17.